The smallest absolute Gasteiger partial charge is 0.191 e. The summed E-state index contributed by atoms with van der Waals surface area (Å²) in [5.41, 5.74) is 2.27. The van der Waals surface area contributed by atoms with Crippen molar-refractivity contribution in [3.05, 3.63) is 45.9 Å². The zero-order valence-electron chi connectivity index (χ0n) is 16.1. The van der Waals surface area contributed by atoms with Gasteiger partial charge in [0.15, 0.2) is 5.96 Å². The van der Waals surface area contributed by atoms with E-state index in [1.54, 1.807) is 11.3 Å². The summed E-state index contributed by atoms with van der Waals surface area (Å²) in [6, 6.07) is 8.61. The van der Waals surface area contributed by atoms with Crippen LogP contribution in [0.1, 0.15) is 61.3 Å². The van der Waals surface area contributed by atoms with Crippen LogP contribution < -0.4 is 15.4 Å². The second-order valence-corrected chi connectivity index (χ2v) is 8.39. The average Bonchev–Trinajstić information content (AvgIpc) is 3.34. The third kappa shape index (κ3) is 3.95. The van der Waals surface area contributed by atoms with Gasteiger partial charge in [-0.25, -0.2) is 4.98 Å². The van der Waals surface area contributed by atoms with Crippen LogP contribution in [0, 0.1) is 0 Å². The van der Waals surface area contributed by atoms with Crippen molar-refractivity contribution < 1.29 is 4.74 Å². The van der Waals surface area contributed by atoms with Crippen LogP contribution in [0.2, 0.25) is 0 Å². The van der Waals surface area contributed by atoms with Crippen molar-refractivity contribution in [1.82, 2.24) is 15.6 Å². The second-order valence-electron chi connectivity index (χ2n) is 7.44. The molecule has 2 N–H and O–H groups in total. The lowest BCUT2D eigenvalue weighted by Gasteiger charge is -2.40. The fourth-order valence-electron chi connectivity index (χ4n) is 4.20. The highest BCUT2D eigenvalue weighted by Crippen LogP contribution is 2.46. The summed E-state index contributed by atoms with van der Waals surface area (Å²) in [4.78, 5) is 9.07. The van der Waals surface area contributed by atoms with Crippen molar-refractivity contribution in [2.45, 2.75) is 63.6 Å². The molecule has 1 aliphatic carbocycles. The van der Waals surface area contributed by atoms with E-state index in [1.807, 2.05) is 7.05 Å². The minimum absolute atomic E-state index is 0.0180. The maximum Gasteiger partial charge on any atom is 0.191 e. The number of benzene rings is 1. The molecule has 1 fully saturated rings. The number of guanidine groups is 1. The number of thiazole rings is 1. The number of fused-ring (bicyclic) bond motifs is 1. The topological polar surface area (TPSA) is 58.5 Å². The van der Waals surface area contributed by atoms with Crippen molar-refractivity contribution in [1.29, 1.82) is 0 Å². The Morgan fingerprint density at radius 2 is 2.15 bits per heavy atom. The van der Waals surface area contributed by atoms with Gasteiger partial charge in [-0.3, -0.25) is 4.99 Å². The molecular weight excluding hydrogens is 356 g/mol. The fourth-order valence-corrected chi connectivity index (χ4v) is 4.94. The second kappa shape index (κ2) is 7.89. The largest absolute Gasteiger partial charge is 0.487 e. The van der Waals surface area contributed by atoms with Crippen LogP contribution in [0.4, 0.5) is 0 Å². The Morgan fingerprint density at radius 3 is 2.89 bits per heavy atom. The first-order chi connectivity index (χ1) is 13.2. The Hall–Kier alpha value is -2.08. The van der Waals surface area contributed by atoms with E-state index in [1.165, 1.54) is 23.4 Å². The van der Waals surface area contributed by atoms with Crippen molar-refractivity contribution >= 4 is 17.3 Å². The lowest BCUT2D eigenvalue weighted by atomic mass is 9.86. The molecule has 0 radical (unpaired) electrons. The number of hydrogen-bond acceptors (Lipinski definition) is 4. The molecule has 0 bridgehead atoms. The van der Waals surface area contributed by atoms with E-state index in [2.05, 4.69) is 57.2 Å². The molecule has 0 saturated heterocycles. The number of aliphatic imine (C=N–C) groups is 1. The van der Waals surface area contributed by atoms with E-state index in [0.717, 1.165) is 43.1 Å². The Labute approximate surface area is 165 Å². The van der Waals surface area contributed by atoms with Gasteiger partial charge in [-0.15, -0.1) is 11.3 Å². The maximum absolute atomic E-state index is 6.46. The Kier molecular flexibility index (Phi) is 5.34. The Morgan fingerprint density at radius 1 is 1.33 bits per heavy atom. The van der Waals surface area contributed by atoms with E-state index < -0.39 is 0 Å². The van der Waals surface area contributed by atoms with Gasteiger partial charge in [-0.05, 0) is 38.2 Å². The summed E-state index contributed by atoms with van der Waals surface area (Å²) in [6.07, 6.45) is 6.77. The molecule has 1 aliphatic heterocycles. The Bertz CT molecular complexity index is 810. The van der Waals surface area contributed by atoms with Crippen molar-refractivity contribution in [3.8, 4) is 5.75 Å². The SMILES string of the molecule is CCc1nc(CNC(=NC)NC2CC3(CCCC3)Oc3ccccc32)cs1. The number of nitrogens with one attached hydrogen (secondary N) is 2. The van der Waals surface area contributed by atoms with E-state index in [0.29, 0.717) is 6.54 Å². The number of ether oxygens (including phenoxy) is 1. The predicted octanol–water partition coefficient (Wildman–Crippen LogP) is 4.21. The van der Waals surface area contributed by atoms with Crippen LogP contribution in [0.15, 0.2) is 34.6 Å². The van der Waals surface area contributed by atoms with Gasteiger partial charge in [-0.2, -0.15) is 0 Å². The first kappa shape index (κ1) is 18.3. The third-order valence-electron chi connectivity index (χ3n) is 5.59. The summed E-state index contributed by atoms with van der Waals surface area (Å²) in [5.74, 6) is 1.83. The maximum atomic E-state index is 6.46. The summed E-state index contributed by atoms with van der Waals surface area (Å²) in [5, 5.41) is 10.4. The van der Waals surface area contributed by atoms with Gasteiger partial charge in [0.1, 0.15) is 11.4 Å². The van der Waals surface area contributed by atoms with Crippen LogP contribution in [0.5, 0.6) is 5.75 Å². The number of aromatic nitrogens is 1. The quantitative estimate of drug-likeness (QED) is 0.612. The molecule has 144 valence electrons. The van der Waals surface area contributed by atoms with Gasteiger partial charge in [0, 0.05) is 24.4 Å². The molecule has 2 aliphatic rings. The number of aryl methyl sites for hydroxylation is 1. The molecule has 1 aromatic heterocycles. The van der Waals surface area contributed by atoms with E-state index in [-0.39, 0.29) is 11.6 Å². The van der Waals surface area contributed by atoms with Crippen LogP contribution in [0.3, 0.4) is 0 Å². The normalized spacial score (nSPS) is 21.0. The van der Waals surface area contributed by atoms with E-state index in [9.17, 15) is 0 Å². The standard InChI is InChI=1S/C21H28N4OS/c1-3-19-24-15(14-27-19)13-23-20(22-2)25-17-12-21(10-6-7-11-21)26-18-9-5-4-8-16(17)18/h4-5,8-9,14,17H,3,6-7,10-13H2,1-2H3,(H2,22,23,25). The molecule has 5 nitrogen and oxygen atoms in total. The fraction of sp³-hybridized carbons (Fsp3) is 0.524. The Balaban J connectivity index is 1.47. The van der Waals surface area contributed by atoms with E-state index in [4.69, 9.17) is 4.74 Å². The summed E-state index contributed by atoms with van der Waals surface area (Å²) < 4.78 is 6.46. The van der Waals surface area contributed by atoms with Crippen LogP contribution in [-0.4, -0.2) is 23.6 Å². The molecule has 27 heavy (non-hydrogen) atoms. The predicted molar refractivity (Wildman–Crippen MR) is 110 cm³/mol. The van der Waals surface area contributed by atoms with Gasteiger partial charge in [0.05, 0.1) is 23.3 Å². The van der Waals surface area contributed by atoms with Crippen molar-refractivity contribution in [2.75, 3.05) is 7.05 Å². The molecule has 0 amide bonds. The molecular formula is C21H28N4OS. The number of para-hydroxylation sites is 1. The highest BCUT2D eigenvalue weighted by Gasteiger charge is 2.43. The molecule has 1 atom stereocenters. The monoisotopic (exact) mass is 384 g/mol. The van der Waals surface area contributed by atoms with Gasteiger partial charge >= 0.3 is 0 Å². The highest BCUT2D eigenvalue weighted by molar-refractivity contribution is 7.09. The van der Waals surface area contributed by atoms with Crippen LogP contribution >= 0.6 is 11.3 Å². The zero-order chi connectivity index (χ0) is 18.7. The molecule has 1 spiro atoms. The minimum atomic E-state index is -0.0180. The number of nitrogens with zero attached hydrogens (tertiary/aromatic N) is 2. The highest BCUT2D eigenvalue weighted by atomic mass is 32.1. The number of hydrogen-bond donors (Lipinski definition) is 2. The number of rotatable bonds is 4. The molecule has 1 aromatic carbocycles. The summed E-state index contributed by atoms with van der Waals surface area (Å²) >= 11 is 1.72. The van der Waals surface area contributed by atoms with Gasteiger partial charge in [0.25, 0.3) is 0 Å². The average molecular weight is 385 g/mol. The van der Waals surface area contributed by atoms with Gasteiger partial charge < -0.3 is 15.4 Å². The first-order valence-electron chi connectivity index (χ1n) is 9.90. The minimum Gasteiger partial charge on any atom is -0.487 e. The lowest BCUT2D eigenvalue weighted by molar-refractivity contribution is 0.0396. The molecule has 4 rings (SSSR count). The zero-order valence-corrected chi connectivity index (χ0v) is 16.9. The molecule has 1 unspecified atom stereocenters. The van der Waals surface area contributed by atoms with Crippen molar-refractivity contribution in [2.24, 2.45) is 4.99 Å². The van der Waals surface area contributed by atoms with Gasteiger partial charge in [0.2, 0.25) is 0 Å². The van der Waals surface area contributed by atoms with Crippen LogP contribution in [0.25, 0.3) is 0 Å². The third-order valence-corrected chi connectivity index (χ3v) is 6.63. The summed E-state index contributed by atoms with van der Waals surface area (Å²) in [6.45, 7) is 2.82. The lowest BCUT2D eigenvalue weighted by Crippen LogP contribution is -2.46. The van der Waals surface area contributed by atoms with Gasteiger partial charge in [-0.1, -0.05) is 25.1 Å². The molecule has 2 aromatic rings. The molecule has 6 heteroatoms. The van der Waals surface area contributed by atoms with Crippen LogP contribution in [-0.2, 0) is 13.0 Å². The molecule has 1 saturated carbocycles. The molecule has 2 heterocycles. The van der Waals surface area contributed by atoms with E-state index >= 15 is 0 Å². The first-order valence-corrected chi connectivity index (χ1v) is 10.8. The summed E-state index contributed by atoms with van der Waals surface area (Å²) in [7, 11) is 1.82. The van der Waals surface area contributed by atoms with Crippen molar-refractivity contribution in [3.63, 3.8) is 0 Å².